The number of aromatic nitrogens is 2. The van der Waals surface area contributed by atoms with Crippen molar-refractivity contribution in [1.82, 2.24) is 20.6 Å². The van der Waals surface area contributed by atoms with Crippen LogP contribution in [-0.4, -0.2) is 29.0 Å². The van der Waals surface area contributed by atoms with Gasteiger partial charge in [0, 0.05) is 30.5 Å². The summed E-state index contributed by atoms with van der Waals surface area (Å²) in [6.45, 7) is 6.11. The summed E-state index contributed by atoms with van der Waals surface area (Å²) < 4.78 is 5.56. The van der Waals surface area contributed by atoms with Gasteiger partial charge in [0.2, 0.25) is 5.89 Å². The van der Waals surface area contributed by atoms with Crippen LogP contribution in [0.15, 0.2) is 51.4 Å². The van der Waals surface area contributed by atoms with Crippen LogP contribution in [0.1, 0.15) is 23.3 Å². The van der Waals surface area contributed by atoms with Gasteiger partial charge in [0.15, 0.2) is 5.96 Å². The molecule has 0 spiro atoms. The Bertz CT molecular complexity index is 847. The maximum Gasteiger partial charge on any atom is 0.226 e. The Kier molecular flexibility index (Phi) is 8.73. The van der Waals surface area contributed by atoms with Crippen molar-refractivity contribution >= 4 is 41.3 Å². The minimum Gasteiger partial charge on any atom is -0.444 e. The number of oxazole rings is 1. The minimum absolute atomic E-state index is 0. The molecular formula is C19H24IN5OS. The Morgan fingerprint density at radius 2 is 1.96 bits per heavy atom. The second kappa shape index (κ2) is 11.0. The van der Waals surface area contributed by atoms with E-state index in [1.54, 1.807) is 17.6 Å². The minimum atomic E-state index is 0. The summed E-state index contributed by atoms with van der Waals surface area (Å²) in [6, 6.07) is 9.86. The first-order chi connectivity index (χ1) is 12.7. The monoisotopic (exact) mass is 497 g/mol. The number of thiazole rings is 1. The molecule has 0 amide bonds. The van der Waals surface area contributed by atoms with Crippen molar-refractivity contribution in [2.75, 3.05) is 13.1 Å². The van der Waals surface area contributed by atoms with E-state index in [0.717, 1.165) is 47.4 Å². The molecule has 144 valence electrons. The van der Waals surface area contributed by atoms with E-state index in [9.17, 15) is 0 Å². The van der Waals surface area contributed by atoms with E-state index in [1.165, 1.54) is 0 Å². The highest BCUT2D eigenvalue weighted by atomic mass is 127. The van der Waals surface area contributed by atoms with Gasteiger partial charge in [-0.05, 0) is 26.0 Å². The molecule has 3 aromatic rings. The van der Waals surface area contributed by atoms with Crippen molar-refractivity contribution in [2.24, 2.45) is 4.99 Å². The normalized spacial score (nSPS) is 11.1. The molecule has 3 rings (SSSR count). The van der Waals surface area contributed by atoms with Crippen LogP contribution in [0.4, 0.5) is 0 Å². The van der Waals surface area contributed by atoms with Gasteiger partial charge in [-0.2, -0.15) is 0 Å². The first-order valence-electron chi connectivity index (χ1n) is 8.67. The van der Waals surface area contributed by atoms with Crippen LogP contribution >= 0.6 is 35.3 Å². The van der Waals surface area contributed by atoms with E-state index in [4.69, 9.17) is 4.42 Å². The van der Waals surface area contributed by atoms with Crippen molar-refractivity contribution in [2.45, 2.75) is 26.8 Å². The van der Waals surface area contributed by atoms with Gasteiger partial charge in [0.05, 0.1) is 17.2 Å². The Balaban J connectivity index is 0.00000261. The number of aliphatic imine (C=N–C) groups is 1. The smallest absolute Gasteiger partial charge is 0.226 e. The van der Waals surface area contributed by atoms with E-state index in [0.29, 0.717) is 12.4 Å². The van der Waals surface area contributed by atoms with Crippen LogP contribution in [0.25, 0.3) is 11.5 Å². The second-order valence-electron chi connectivity index (χ2n) is 5.74. The van der Waals surface area contributed by atoms with Gasteiger partial charge in [0.1, 0.15) is 12.0 Å². The van der Waals surface area contributed by atoms with Gasteiger partial charge in [-0.1, -0.05) is 18.2 Å². The molecule has 0 aliphatic rings. The summed E-state index contributed by atoms with van der Waals surface area (Å²) in [5.41, 5.74) is 2.88. The number of aryl methyl sites for hydroxylation is 1. The van der Waals surface area contributed by atoms with Crippen LogP contribution in [-0.2, 0) is 13.0 Å². The molecule has 2 heterocycles. The number of halogens is 1. The quantitative estimate of drug-likeness (QED) is 0.293. The third-order valence-corrected chi connectivity index (χ3v) is 4.48. The fourth-order valence-corrected chi connectivity index (χ4v) is 3.07. The third kappa shape index (κ3) is 6.62. The molecule has 0 unspecified atom stereocenters. The van der Waals surface area contributed by atoms with Crippen LogP contribution in [0.3, 0.4) is 0 Å². The Morgan fingerprint density at radius 1 is 1.15 bits per heavy atom. The van der Waals surface area contributed by atoms with E-state index in [-0.39, 0.29) is 24.0 Å². The molecule has 0 saturated heterocycles. The highest BCUT2D eigenvalue weighted by Crippen LogP contribution is 2.18. The number of guanidine groups is 1. The molecule has 0 bridgehead atoms. The van der Waals surface area contributed by atoms with Gasteiger partial charge in [0.25, 0.3) is 0 Å². The van der Waals surface area contributed by atoms with Gasteiger partial charge < -0.3 is 15.1 Å². The van der Waals surface area contributed by atoms with Crippen molar-refractivity contribution in [1.29, 1.82) is 0 Å². The fraction of sp³-hybridized carbons (Fsp3) is 0.316. The molecule has 0 fully saturated rings. The summed E-state index contributed by atoms with van der Waals surface area (Å²) in [4.78, 5) is 13.6. The molecule has 2 aromatic heterocycles. The zero-order valence-corrected chi connectivity index (χ0v) is 18.6. The molecule has 8 heteroatoms. The number of nitrogens with zero attached hydrogens (tertiary/aromatic N) is 3. The highest BCUT2D eigenvalue weighted by molar-refractivity contribution is 14.0. The van der Waals surface area contributed by atoms with Crippen molar-refractivity contribution in [3.8, 4) is 11.5 Å². The third-order valence-electron chi connectivity index (χ3n) is 3.66. The topological polar surface area (TPSA) is 75.3 Å². The molecule has 0 saturated carbocycles. The van der Waals surface area contributed by atoms with Gasteiger partial charge in [-0.3, -0.25) is 0 Å². The van der Waals surface area contributed by atoms with E-state index in [2.05, 4.69) is 31.0 Å². The van der Waals surface area contributed by atoms with Gasteiger partial charge in [-0.25, -0.2) is 15.0 Å². The van der Waals surface area contributed by atoms with E-state index >= 15 is 0 Å². The molecule has 0 aliphatic carbocycles. The predicted molar refractivity (Wildman–Crippen MR) is 121 cm³/mol. The molecule has 0 aliphatic heterocycles. The summed E-state index contributed by atoms with van der Waals surface area (Å²) in [6.07, 6.45) is 2.53. The lowest BCUT2D eigenvalue weighted by molar-refractivity contribution is 0.572. The Hall–Kier alpha value is -1.94. The maximum atomic E-state index is 5.56. The summed E-state index contributed by atoms with van der Waals surface area (Å²) >= 11 is 1.68. The molecule has 2 N–H and O–H groups in total. The molecule has 0 atom stereocenters. The molecule has 27 heavy (non-hydrogen) atoms. The van der Waals surface area contributed by atoms with Crippen LogP contribution in [0, 0.1) is 6.92 Å². The van der Waals surface area contributed by atoms with Gasteiger partial charge >= 0.3 is 0 Å². The number of benzene rings is 1. The molecule has 1 aromatic carbocycles. The maximum absolute atomic E-state index is 5.56. The lowest BCUT2D eigenvalue weighted by Gasteiger charge is -2.10. The zero-order chi connectivity index (χ0) is 18.2. The average Bonchev–Trinajstić information content (AvgIpc) is 3.29. The summed E-state index contributed by atoms with van der Waals surface area (Å²) in [7, 11) is 0. The van der Waals surface area contributed by atoms with Crippen LogP contribution in [0.5, 0.6) is 0 Å². The second-order valence-corrected chi connectivity index (χ2v) is 6.80. The first kappa shape index (κ1) is 21.4. The van der Waals surface area contributed by atoms with Crippen molar-refractivity contribution in [3.05, 3.63) is 58.4 Å². The lowest BCUT2D eigenvalue weighted by Crippen LogP contribution is -2.38. The molecule has 0 radical (unpaired) electrons. The number of hydrogen-bond donors (Lipinski definition) is 2. The first-order valence-corrected chi connectivity index (χ1v) is 9.55. The standard InChI is InChI=1S/C19H23N5OS.HI/c1-3-20-19(21-10-9-16-13-26-14(2)23-16)22-11-17-12-25-18(24-17)15-7-5-4-6-8-15;/h4-8,12-13H,3,9-11H2,1-2H3,(H2,20,21,22);1H. The summed E-state index contributed by atoms with van der Waals surface area (Å²) in [5, 5.41) is 9.77. The van der Waals surface area contributed by atoms with E-state index < -0.39 is 0 Å². The Morgan fingerprint density at radius 3 is 2.67 bits per heavy atom. The fourth-order valence-electron chi connectivity index (χ4n) is 2.43. The van der Waals surface area contributed by atoms with Crippen LogP contribution in [0.2, 0.25) is 0 Å². The SMILES string of the molecule is CCNC(=NCc1coc(-c2ccccc2)n1)NCCc1csc(C)n1.I. The largest absolute Gasteiger partial charge is 0.444 e. The lowest BCUT2D eigenvalue weighted by atomic mass is 10.2. The average molecular weight is 497 g/mol. The van der Waals surface area contributed by atoms with Crippen molar-refractivity contribution in [3.63, 3.8) is 0 Å². The molecular weight excluding hydrogens is 473 g/mol. The van der Waals surface area contributed by atoms with Crippen molar-refractivity contribution < 1.29 is 4.42 Å². The summed E-state index contributed by atoms with van der Waals surface area (Å²) in [5.74, 6) is 1.39. The Labute approximate surface area is 180 Å². The molecule has 6 nitrogen and oxygen atoms in total. The van der Waals surface area contributed by atoms with Crippen LogP contribution < -0.4 is 10.6 Å². The zero-order valence-electron chi connectivity index (χ0n) is 15.4. The predicted octanol–water partition coefficient (Wildman–Crippen LogP) is 4.02. The number of nitrogens with one attached hydrogen (secondary N) is 2. The van der Waals surface area contributed by atoms with Gasteiger partial charge in [-0.15, -0.1) is 35.3 Å². The highest BCUT2D eigenvalue weighted by Gasteiger charge is 2.06. The number of rotatable bonds is 7. The number of hydrogen-bond acceptors (Lipinski definition) is 5. The van der Waals surface area contributed by atoms with E-state index in [1.807, 2.05) is 44.2 Å².